The molecule has 1 rings (SSSR count). The minimum atomic E-state index is -0.343. The van der Waals surface area contributed by atoms with Crippen LogP contribution in [0.3, 0.4) is 0 Å². The molecule has 0 radical (unpaired) electrons. The van der Waals surface area contributed by atoms with Gasteiger partial charge >= 0.3 is 0 Å². The molecule has 0 saturated heterocycles. The Bertz CT molecular complexity index is 309. The zero-order valence-electron chi connectivity index (χ0n) is 7.63. The van der Waals surface area contributed by atoms with Crippen molar-refractivity contribution in [1.82, 2.24) is 0 Å². The summed E-state index contributed by atoms with van der Waals surface area (Å²) >= 11 is 3.40. The average molecular weight is 241 g/mol. The summed E-state index contributed by atoms with van der Waals surface area (Å²) in [4.78, 5) is 0. The lowest BCUT2D eigenvalue weighted by atomic mass is 9.84. The van der Waals surface area contributed by atoms with Gasteiger partial charge in [0, 0.05) is 9.89 Å². The highest BCUT2D eigenvalue weighted by Crippen LogP contribution is 2.26. The predicted molar refractivity (Wildman–Crippen MR) is 58.8 cm³/mol. The van der Waals surface area contributed by atoms with Crippen LogP contribution in [0.15, 0.2) is 41.4 Å². The van der Waals surface area contributed by atoms with Crippen molar-refractivity contribution in [3.05, 3.63) is 47.0 Å². The van der Waals surface area contributed by atoms with E-state index in [1.165, 1.54) is 0 Å². The molecule has 1 N–H and O–H groups in total. The molecular weight excluding hydrogens is 228 g/mol. The molecule has 2 heteroatoms. The first-order chi connectivity index (χ1) is 6.12. The summed E-state index contributed by atoms with van der Waals surface area (Å²) in [5.74, 6) is 0. The minimum absolute atomic E-state index is 0.0763. The molecule has 0 amide bonds. The molecule has 0 aliphatic carbocycles. The third-order valence-electron chi connectivity index (χ3n) is 2.26. The Labute approximate surface area is 87.2 Å². The van der Waals surface area contributed by atoms with Crippen molar-refractivity contribution in [2.45, 2.75) is 12.3 Å². The Hall–Kier alpha value is -0.600. The van der Waals surface area contributed by atoms with Gasteiger partial charge in [-0.1, -0.05) is 34.1 Å². The van der Waals surface area contributed by atoms with E-state index in [2.05, 4.69) is 22.5 Å². The van der Waals surface area contributed by atoms with Gasteiger partial charge < -0.3 is 5.11 Å². The summed E-state index contributed by atoms with van der Waals surface area (Å²) in [6.45, 7) is 5.77. The van der Waals surface area contributed by atoms with Crippen molar-refractivity contribution in [3.8, 4) is 0 Å². The third kappa shape index (κ3) is 2.20. The lowest BCUT2D eigenvalue weighted by Gasteiger charge is -2.23. The van der Waals surface area contributed by atoms with Gasteiger partial charge in [-0.3, -0.25) is 0 Å². The van der Waals surface area contributed by atoms with Crippen LogP contribution >= 0.6 is 15.9 Å². The Morgan fingerprint density at radius 3 is 2.77 bits per heavy atom. The van der Waals surface area contributed by atoms with Gasteiger partial charge in [-0.15, -0.1) is 6.58 Å². The molecular formula is C11H13BrO. The molecule has 0 aliphatic rings. The highest BCUT2D eigenvalue weighted by atomic mass is 79.9. The van der Waals surface area contributed by atoms with Crippen molar-refractivity contribution in [1.29, 1.82) is 0 Å². The topological polar surface area (TPSA) is 20.2 Å². The fourth-order valence-electron chi connectivity index (χ4n) is 1.12. The quantitative estimate of drug-likeness (QED) is 0.806. The zero-order valence-corrected chi connectivity index (χ0v) is 9.21. The van der Waals surface area contributed by atoms with Gasteiger partial charge in [-0.05, 0) is 24.6 Å². The summed E-state index contributed by atoms with van der Waals surface area (Å²) in [5, 5.41) is 9.24. The van der Waals surface area contributed by atoms with Crippen LogP contribution in [0.2, 0.25) is 0 Å². The van der Waals surface area contributed by atoms with E-state index in [1.54, 1.807) is 6.08 Å². The summed E-state index contributed by atoms with van der Waals surface area (Å²) < 4.78 is 1.02. The maximum absolute atomic E-state index is 9.24. The molecule has 1 atom stereocenters. The van der Waals surface area contributed by atoms with Gasteiger partial charge in [0.1, 0.15) is 0 Å². The number of benzene rings is 1. The standard InChI is InChI=1S/C11H13BrO/c1-3-11(2,8-13)9-5-4-6-10(12)7-9/h3-7,13H,1,8H2,2H3. The van der Waals surface area contributed by atoms with Crippen LogP contribution in [0.4, 0.5) is 0 Å². The summed E-state index contributed by atoms with van der Waals surface area (Å²) in [6.07, 6.45) is 1.77. The van der Waals surface area contributed by atoms with Gasteiger partial charge in [-0.2, -0.15) is 0 Å². The second-order valence-corrected chi connectivity index (χ2v) is 4.21. The molecule has 0 bridgehead atoms. The van der Waals surface area contributed by atoms with E-state index in [9.17, 15) is 5.11 Å². The van der Waals surface area contributed by atoms with Gasteiger partial charge in [0.2, 0.25) is 0 Å². The molecule has 1 nitrogen and oxygen atoms in total. The van der Waals surface area contributed by atoms with E-state index in [4.69, 9.17) is 0 Å². The number of aliphatic hydroxyl groups excluding tert-OH is 1. The molecule has 0 heterocycles. The van der Waals surface area contributed by atoms with Crippen LogP contribution in [-0.2, 0) is 5.41 Å². The van der Waals surface area contributed by atoms with Crippen LogP contribution in [-0.4, -0.2) is 11.7 Å². The smallest absolute Gasteiger partial charge is 0.0559 e. The van der Waals surface area contributed by atoms with Crippen molar-refractivity contribution in [2.75, 3.05) is 6.61 Å². The lowest BCUT2D eigenvalue weighted by Crippen LogP contribution is -2.23. The van der Waals surface area contributed by atoms with Gasteiger partial charge in [0.25, 0.3) is 0 Å². The van der Waals surface area contributed by atoms with E-state index in [0.717, 1.165) is 10.0 Å². The summed E-state index contributed by atoms with van der Waals surface area (Å²) in [7, 11) is 0. The summed E-state index contributed by atoms with van der Waals surface area (Å²) in [5.41, 5.74) is 0.725. The fourth-order valence-corrected chi connectivity index (χ4v) is 1.52. The molecule has 70 valence electrons. The maximum Gasteiger partial charge on any atom is 0.0559 e. The molecule has 1 unspecified atom stereocenters. The van der Waals surface area contributed by atoms with Crippen LogP contribution < -0.4 is 0 Å². The van der Waals surface area contributed by atoms with E-state index >= 15 is 0 Å². The molecule has 1 aromatic rings. The average Bonchev–Trinajstić information content (AvgIpc) is 2.17. The van der Waals surface area contributed by atoms with Gasteiger partial charge in [0.15, 0.2) is 0 Å². The molecule has 0 aromatic heterocycles. The first kappa shape index (κ1) is 10.5. The van der Waals surface area contributed by atoms with Gasteiger partial charge in [-0.25, -0.2) is 0 Å². The van der Waals surface area contributed by atoms with Crippen LogP contribution in [0.25, 0.3) is 0 Å². The molecule has 0 fully saturated rings. The second kappa shape index (κ2) is 4.07. The van der Waals surface area contributed by atoms with E-state index in [-0.39, 0.29) is 12.0 Å². The SMILES string of the molecule is C=CC(C)(CO)c1cccc(Br)c1. The highest BCUT2D eigenvalue weighted by Gasteiger charge is 2.21. The van der Waals surface area contributed by atoms with Crippen molar-refractivity contribution >= 4 is 15.9 Å². The molecule has 0 saturated carbocycles. The van der Waals surface area contributed by atoms with Crippen molar-refractivity contribution in [3.63, 3.8) is 0 Å². The molecule has 0 aliphatic heterocycles. The van der Waals surface area contributed by atoms with Crippen molar-refractivity contribution < 1.29 is 5.11 Å². The minimum Gasteiger partial charge on any atom is -0.395 e. The van der Waals surface area contributed by atoms with Gasteiger partial charge in [0.05, 0.1) is 6.61 Å². The first-order valence-electron chi connectivity index (χ1n) is 4.13. The predicted octanol–water partition coefficient (Wildman–Crippen LogP) is 2.89. The zero-order chi connectivity index (χ0) is 9.90. The number of aliphatic hydroxyl groups is 1. The Balaban J connectivity index is 3.12. The van der Waals surface area contributed by atoms with E-state index in [0.29, 0.717) is 0 Å². The van der Waals surface area contributed by atoms with Crippen LogP contribution in [0.5, 0.6) is 0 Å². The third-order valence-corrected chi connectivity index (χ3v) is 2.76. The maximum atomic E-state index is 9.24. The molecule has 1 aromatic carbocycles. The first-order valence-corrected chi connectivity index (χ1v) is 4.92. The van der Waals surface area contributed by atoms with Crippen LogP contribution in [0, 0.1) is 0 Å². The molecule has 13 heavy (non-hydrogen) atoms. The Morgan fingerprint density at radius 2 is 2.31 bits per heavy atom. The summed E-state index contributed by atoms with van der Waals surface area (Å²) in [6, 6.07) is 7.90. The normalized spacial score (nSPS) is 15.0. The Morgan fingerprint density at radius 1 is 1.62 bits per heavy atom. The fraction of sp³-hybridized carbons (Fsp3) is 0.273. The number of hydrogen-bond acceptors (Lipinski definition) is 1. The lowest BCUT2D eigenvalue weighted by molar-refractivity contribution is 0.236. The van der Waals surface area contributed by atoms with Crippen LogP contribution in [0.1, 0.15) is 12.5 Å². The highest BCUT2D eigenvalue weighted by molar-refractivity contribution is 9.10. The number of rotatable bonds is 3. The molecule has 0 spiro atoms. The monoisotopic (exact) mass is 240 g/mol. The number of halogens is 1. The van der Waals surface area contributed by atoms with E-state index in [1.807, 2.05) is 31.2 Å². The largest absolute Gasteiger partial charge is 0.395 e. The van der Waals surface area contributed by atoms with Crippen molar-refractivity contribution in [2.24, 2.45) is 0 Å². The number of hydrogen-bond donors (Lipinski definition) is 1. The van der Waals surface area contributed by atoms with E-state index < -0.39 is 0 Å². The Kier molecular flexibility index (Phi) is 3.28. The second-order valence-electron chi connectivity index (χ2n) is 3.29.